The van der Waals surface area contributed by atoms with Gasteiger partial charge in [0.2, 0.25) is 0 Å². The van der Waals surface area contributed by atoms with E-state index in [-0.39, 0.29) is 31.0 Å². The number of halogens is 2. The average molecular weight is 328 g/mol. The minimum Gasteiger partial charge on any atom is -0.435 e. The second-order valence-electron chi connectivity index (χ2n) is 5.44. The molecule has 0 aromatic heterocycles. The summed E-state index contributed by atoms with van der Waals surface area (Å²) in [6.07, 6.45) is 2.43. The van der Waals surface area contributed by atoms with Crippen LogP contribution in [-0.4, -0.2) is 42.3 Å². The third kappa shape index (κ3) is 4.54. The van der Waals surface area contributed by atoms with Crippen molar-refractivity contribution in [1.82, 2.24) is 10.2 Å². The molecule has 1 aliphatic rings. The first kappa shape index (κ1) is 17.5. The number of amides is 2. The van der Waals surface area contributed by atoms with E-state index in [1.54, 1.807) is 12.1 Å². The van der Waals surface area contributed by atoms with Crippen molar-refractivity contribution < 1.29 is 23.4 Å². The number of hydrogen-bond donors (Lipinski definition) is 2. The molecule has 128 valence electrons. The highest BCUT2D eigenvalue weighted by atomic mass is 19.3. The molecule has 0 saturated carbocycles. The Morgan fingerprint density at radius 2 is 2.30 bits per heavy atom. The van der Waals surface area contributed by atoms with E-state index < -0.39 is 6.61 Å². The fourth-order valence-electron chi connectivity index (χ4n) is 2.88. The van der Waals surface area contributed by atoms with Crippen molar-refractivity contribution >= 4 is 6.03 Å². The standard InChI is InChI=1S/C16H22F2N2O3/c1-2-20(8-9-21)16(22)19-14-5-3-4-11-10-12(23-15(17)18)6-7-13(11)14/h6-7,10,14-15,21H,2-5,8-9H2,1H3,(H,19,22). The van der Waals surface area contributed by atoms with Crippen LogP contribution in [0.25, 0.3) is 0 Å². The average Bonchev–Trinajstić information content (AvgIpc) is 2.52. The van der Waals surface area contributed by atoms with Crippen LogP contribution < -0.4 is 10.1 Å². The summed E-state index contributed by atoms with van der Waals surface area (Å²) in [7, 11) is 0. The van der Waals surface area contributed by atoms with Gasteiger partial charge in [-0.25, -0.2) is 4.79 Å². The van der Waals surface area contributed by atoms with Crippen molar-refractivity contribution in [3.63, 3.8) is 0 Å². The molecule has 0 fully saturated rings. The first-order valence-corrected chi connectivity index (χ1v) is 7.79. The maximum absolute atomic E-state index is 12.3. The normalized spacial score (nSPS) is 16.8. The van der Waals surface area contributed by atoms with Crippen molar-refractivity contribution in [3.05, 3.63) is 29.3 Å². The summed E-state index contributed by atoms with van der Waals surface area (Å²) in [5.41, 5.74) is 1.86. The van der Waals surface area contributed by atoms with E-state index in [2.05, 4.69) is 10.1 Å². The van der Waals surface area contributed by atoms with Gasteiger partial charge in [0.1, 0.15) is 5.75 Å². The number of benzene rings is 1. The number of carbonyl (C=O) groups is 1. The Morgan fingerprint density at radius 3 is 2.96 bits per heavy atom. The number of rotatable bonds is 6. The number of alkyl halides is 2. The molecule has 2 N–H and O–H groups in total. The van der Waals surface area contributed by atoms with Crippen molar-refractivity contribution in [2.75, 3.05) is 19.7 Å². The van der Waals surface area contributed by atoms with E-state index in [9.17, 15) is 13.6 Å². The van der Waals surface area contributed by atoms with Gasteiger partial charge < -0.3 is 20.1 Å². The number of aliphatic hydroxyl groups excluding tert-OH is 1. The molecule has 0 heterocycles. The topological polar surface area (TPSA) is 61.8 Å². The molecule has 1 aromatic rings. The largest absolute Gasteiger partial charge is 0.435 e. The van der Waals surface area contributed by atoms with Crippen molar-refractivity contribution in [3.8, 4) is 5.75 Å². The minimum atomic E-state index is -2.84. The number of hydrogen-bond acceptors (Lipinski definition) is 3. The minimum absolute atomic E-state index is 0.0865. The van der Waals surface area contributed by atoms with Gasteiger partial charge in [-0.2, -0.15) is 8.78 Å². The molecule has 7 heteroatoms. The summed E-state index contributed by atoms with van der Waals surface area (Å²) < 4.78 is 29.0. The van der Waals surface area contributed by atoms with Gasteiger partial charge in [-0.1, -0.05) is 6.07 Å². The number of urea groups is 1. The molecule has 2 rings (SSSR count). The number of likely N-dealkylation sites (N-methyl/N-ethyl adjacent to an activating group) is 1. The molecule has 5 nitrogen and oxygen atoms in total. The van der Waals surface area contributed by atoms with Gasteiger partial charge in [0, 0.05) is 13.1 Å². The van der Waals surface area contributed by atoms with Crippen LogP contribution in [0.4, 0.5) is 13.6 Å². The first-order chi connectivity index (χ1) is 11.0. The zero-order valence-electron chi connectivity index (χ0n) is 13.1. The van der Waals surface area contributed by atoms with E-state index in [0.29, 0.717) is 6.54 Å². The molecule has 0 aliphatic heterocycles. The number of ether oxygens (including phenoxy) is 1. The van der Waals surface area contributed by atoms with E-state index >= 15 is 0 Å². The Balaban J connectivity index is 2.10. The predicted octanol–water partition coefficient (Wildman–Crippen LogP) is 2.69. The fraction of sp³-hybridized carbons (Fsp3) is 0.562. The van der Waals surface area contributed by atoms with Gasteiger partial charge in [-0.05, 0) is 49.4 Å². The zero-order chi connectivity index (χ0) is 16.8. The summed E-state index contributed by atoms with van der Waals surface area (Å²) in [5, 5.41) is 11.9. The van der Waals surface area contributed by atoms with Crippen molar-refractivity contribution in [2.45, 2.75) is 38.8 Å². The van der Waals surface area contributed by atoms with E-state index in [0.717, 1.165) is 30.4 Å². The number of nitrogens with zero attached hydrogens (tertiary/aromatic N) is 1. The Kier molecular flexibility index (Phi) is 6.15. The first-order valence-electron chi connectivity index (χ1n) is 7.79. The number of aliphatic hydroxyl groups is 1. The molecule has 23 heavy (non-hydrogen) atoms. The van der Waals surface area contributed by atoms with E-state index in [4.69, 9.17) is 5.11 Å². The van der Waals surface area contributed by atoms with Crippen LogP contribution in [0.3, 0.4) is 0 Å². The van der Waals surface area contributed by atoms with Crippen LogP contribution in [0.1, 0.15) is 36.9 Å². The van der Waals surface area contributed by atoms with Crippen LogP contribution in [0.2, 0.25) is 0 Å². The summed E-state index contributed by atoms with van der Waals surface area (Å²) in [6.45, 7) is -0.297. The molecule has 0 saturated heterocycles. The van der Waals surface area contributed by atoms with Crippen LogP contribution in [0.5, 0.6) is 5.75 Å². The van der Waals surface area contributed by atoms with Gasteiger partial charge in [0.05, 0.1) is 12.6 Å². The van der Waals surface area contributed by atoms with Gasteiger partial charge in [-0.15, -0.1) is 0 Å². The highest BCUT2D eigenvalue weighted by Gasteiger charge is 2.24. The molecular formula is C16H22F2N2O3. The van der Waals surface area contributed by atoms with Gasteiger partial charge in [0.25, 0.3) is 0 Å². The number of nitrogens with one attached hydrogen (secondary N) is 1. The SMILES string of the molecule is CCN(CCO)C(=O)NC1CCCc2cc(OC(F)F)ccc21. The van der Waals surface area contributed by atoms with E-state index in [1.807, 2.05) is 6.92 Å². The van der Waals surface area contributed by atoms with Gasteiger partial charge in [0.15, 0.2) is 0 Å². The molecule has 0 spiro atoms. The Labute approximate surface area is 134 Å². The predicted molar refractivity (Wildman–Crippen MR) is 81.6 cm³/mol. The summed E-state index contributed by atoms with van der Waals surface area (Å²) >= 11 is 0. The summed E-state index contributed by atoms with van der Waals surface area (Å²) in [5.74, 6) is 0.140. The molecule has 0 bridgehead atoms. The quantitative estimate of drug-likeness (QED) is 0.844. The van der Waals surface area contributed by atoms with Crippen molar-refractivity contribution in [2.24, 2.45) is 0 Å². The van der Waals surface area contributed by atoms with Crippen LogP contribution in [-0.2, 0) is 6.42 Å². The lowest BCUT2D eigenvalue weighted by molar-refractivity contribution is -0.0499. The molecule has 0 radical (unpaired) electrons. The second-order valence-corrected chi connectivity index (χ2v) is 5.44. The molecule has 1 aromatic carbocycles. The van der Waals surface area contributed by atoms with Gasteiger partial charge in [-0.3, -0.25) is 0 Å². The lowest BCUT2D eigenvalue weighted by Crippen LogP contribution is -2.43. The van der Waals surface area contributed by atoms with Gasteiger partial charge >= 0.3 is 12.6 Å². The van der Waals surface area contributed by atoms with Crippen molar-refractivity contribution in [1.29, 1.82) is 0 Å². The Bertz CT molecular complexity index is 540. The molecule has 1 aliphatic carbocycles. The highest BCUT2D eigenvalue weighted by molar-refractivity contribution is 5.74. The third-order valence-electron chi connectivity index (χ3n) is 3.99. The maximum Gasteiger partial charge on any atom is 0.387 e. The monoisotopic (exact) mass is 328 g/mol. The molecule has 1 atom stereocenters. The summed E-state index contributed by atoms with van der Waals surface area (Å²) in [4.78, 5) is 13.8. The smallest absolute Gasteiger partial charge is 0.387 e. The lowest BCUT2D eigenvalue weighted by atomic mass is 9.87. The Morgan fingerprint density at radius 1 is 1.52 bits per heavy atom. The third-order valence-corrected chi connectivity index (χ3v) is 3.99. The molecular weight excluding hydrogens is 306 g/mol. The zero-order valence-corrected chi connectivity index (χ0v) is 13.1. The second kappa shape index (κ2) is 8.10. The summed E-state index contributed by atoms with van der Waals surface area (Å²) in [6, 6.07) is 4.47. The number of fused-ring (bicyclic) bond motifs is 1. The fourth-order valence-corrected chi connectivity index (χ4v) is 2.88. The van der Waals surface area contributed by atoms with Crippen LogP contribution in [0.15, 0.2) is 18.2 Å². The van der Waals surface area contributed by atoms with Crippen LogP contribution >= 0.6 is 0 Å². The number of aryl methyl sites for hydroxylation is 1. The number of carbonyl (C=O) groups excluding carboxylic acids is 1. The lowest BCUT2D eigenvalue weighted by Gasteiger charge is -2.29. The van der Waals surface area contributed by atoms with Crippen LogP contribution in [0, 0.1) is 0 Å². The Hall–Kier alpha value is -1.89. The highest BCUT2D eigenvalue weighted by Crippen LogP contribution is 2.32. The molecule has 1 unspecified atom stereocenters. The maximum atomic E-state index is 12.3. The molecule has 2 amide bonds. The van der Waals surface area contributed by atoms with E-state index in [1.165, 1.54) is 11.0 Å².